The molecule has 0 aliphatic carbocycles. The van der Waals surface area contributed by atoms with Crippen molar-refractivity contribution in [1.29, 1.82) is 0 Å². The van der Waals surface area contributed by atoms with Gasteiger partial charge in [0.1, 0.15) is 29.0 Å². The minimum absolute atomic E-state index is 0.0634. The Hall–Kier alpha value is -4.65. The highest BCUT2D eigenvalue weighted by molar-refractivity contribution is 7.09. The molecule has 0 aliphatic rings. The molecule has 3 aromatic rings. The molecule has 6 N–H and O–H groups in total. The summed E-state index contributed by atoms with van der Waals surface area (Å²) in [5.74, 6) is -2.75. The molecule has 0 radical (unpaired) electrons. The first kappa shape index (κ1) is 26.9. The number of anilines is 2. The maximum Gasteiger partial charge on any atom is 0.325 e. The number of esters is 1. The number of nitrogens with one attached hydrogen (secondary N) is 1. The Morgan fingerprint density at radius 2 is 1.86 bits per heavy atom. The van der Waals surface area contributed by atoms with Gasteiger partial charge in [-0.2, -0.15) is 4.37 Å². The second-order valence-electron chi connectivity index (χ2n) is 7.53. The lowest BCUT2D eigenvalue weighted by Gasteiger charge is -2.31. The summed E-state index contributed by atoms with van der Waals surface area (Å²) in [4.78, 5) is 52.0. The molecule has 12 nitrogen and oxygen atoms in total. The lowest BCUT2D eigenvalue weighted by atomic mass is 10.0. The number of aromatic nitrogens is 1. The Balaban J connectivity index is 2.17. The highest BCUT2D eigenvalue weighted by Crippen LogP contribution is 2.35. The van der Waals surface area contributed by atoms with Crippen LogP contribution in [-0.4, -0.2) is 53.4 Å². The van der Waals surface area contributed by atoms with E-state index in [9.17, 15) is 24.3 Å². The molecule has 0 unspecified atom stereocenters. The summed E-state index contributed by atoms with van der Waals surface area (Å²) < 4.78 is 14.1. The fourth-order valence-corrected chi connectivity index (χ4v) is 4.17. The molecule has 1 aromatic heterocycles. The van der Waals surface area contributed by atoms with Gasteiger partial charge in [-0.05, 0) is 48.3 Å². The molecule has 194 valence electrons. The lowest BCUT2D eigenvalue weighted by molar-refractivity contribution is -0.143. The van der Waals surface area contributed by atoms with E-state index >= 15 is 0 Å². The summed E-state index contributed by atoms with van der Waals surface area (Å²) in [5, 5.41) is 12.3. The number of hydrogen-bond acceptors (Lipinski definition) is 10. The number of carbonyl (C=O) groups excluding carboxylic acids is 4. The monoisotopic (exact) mass is 527 g/mol. The van der Waals surface area contributed by atoms with E-state index in [1.165, 1.54) is 37.4 Å². The van der Waals surface area contributed by atoms with Gasteiger partial charge in [0.05, 0.1) is 19.4 Å². The SMILES string of the molecule is CCOC(=O)CNC(=O)[C@@H](c1ccc(O)cc1)N(C(=O)c1snc(C(N)=O)c1N)c1cccc(OC)c1. The molecule has 1 heterocycles. The van der Waals surface area contributed by atoms with Crippen molar-refractivity contribution in [1.82, 2.24) is 9.69 Å². The van der Waals surface area contributed by atoms with Gasteiger partial charge in [-0.15, -0.1) is 0 Å². The Bertz CT molecular complexity index is 1310. The van der Waals surface area contributed by atoms with Gasteiger partial charge in [-0.1, -0.05) is 18.2 Å². The lowest BCUT2D eigenvalue weighted by Crippen LogP contribution is -2.45. The highest BCUT2D eigenvalue weighted by atomic mass is 32.1. The van der Waals surface area contributed by atoms with Gasteiger partial charge in [0.2, 0.25) is 5.91 Å². The molecule has 1 atom stereocenters. The maximum absolute atomic E-state index is 13.9. The number of aromatic hydroxyl groups is 1. The molecule has 0 fully saturated rings. The second-order valence-corrected chi connectivity index (χ2v) is 8.31. The predicted octanol–water partition coefficient (Wildman–Crippen LogP) is 1.61. The van der Waals surface area contributed by atoms with Gasteiger partial charge in [0, 0.05) is 11.8 Å². The molecule has 2 aromatic carbocycles. The zero-order valence-electron chi connectivity index (χ0n) is 20.0. The van der Waals surface area contributed by atoms with Crippen molar-refractivity contribution in [3.8, 4) is 11.5 Å². The van der Waals surface area contributed by atoms with Crippen LogP contribution in [0.25, 0.3) is 0 Å². The average Bonchev–Trinajstić information content (AvgIpc) is 3.28. The number of benzene rings is 2. The van der Waals surface area contributed by atoms with Crippen molar-refractivity contribution in [2.45, 2.75) is 13.0 Å². The van der Waals surface area contributed by atoms with E-state index in [0.29, 0.717) is 22.8 Å². The van der Waals surface area contributed by atoms with E-state index < -0.39 is 36.3 Å². The van der Waals surface area contributed by atoms with Crippen LogP contribution in [0.3, 0.4) is 0 Å². The number of methoxy groups -OCH3 is 1. The minimum atomic E-state index is -1.35. The summed E-state index contributed by atoms with van der Waals surface area (Å²) in [6.07, 6.45) is 0. The Morgan fingerprint density at radius 3 is 2.46 bits per heavy atom. The summed E-state index contributed by atoms with van der Waals surface area (Å²) in [6.45, 7) is 1.30. The number of rotatable bonds is 10. The number of hydrogen-bond donors (Lipinski definition) is 4. The number of phenolic OH excluding ortho intramolecular Hbond substituents is 1. The number of nitrogens with zero attached hydrogens (tertiary/aromatic N) is 2. The average molecular weight is 528 g/mol. The van der Waals surface area contributed by atoms with Gasteiger partial charge in [0.25, 0.3) is 11.8 Å². The van der Waals surface area contributed by atoms with Crippen LogP contribution in [0, 0.1) is 0 Å². The number of amides is 3. The van der Waals surface area contributed by atoms with E-state index in [1.54, 1.807) is 25.1 Å². The maximum atomic E-state index is 13.9. The first-order chi connectivity index (χ1) is 17.7. The molecule has 3 rings (SSSR count). The van der Waals surface area contributed by atoms with E-state index in [-0.39, 0.29) is 34.3 Å². The third-order valence-corrected chi connectivity index (χ3v) is 5.98. The molecular weight excluding hydrogens is 502 g/mol. The number of primary amides is 1. The van der Waals surface area contributed by atoms with E-state index in [2.05, 4.69) is 9.69 Å². The van der Waals surface area contributed by atoms with Crippen molar-refractivity contribution in [3.63, 3.8) is 0 Å². The number of nitrogens with two attached hydrogens (primary N) is 2. The van der Waals surface area contributed by atoms with Crippen LogP contribution in [-0.2, 0) is 14.3 Å². The number of carbonyl (C=O) groups is 4. The Labute approximate surface area is 215 Å². The summed E-state index contributed by atoms with van der Waals surface area (Å²) in [5.41, 5.74) is 11.4. The fourth-order valence-electron chi connectivity index (χ4n) is 3.42. The van der Waals surface area contributed by atoms with Crippen LogP contribution in [0.5, 0.6) is 11.5 Å². The predicted molar refractivity (Wildman–Crippen MR) is 135 cm³/mol. The third-order valence-electron chi connectivity index (χ3n) is 5.13. The van der Waals surface area contributed by atoms with E-state index in [1.807, 2.05) is 0 Å². The van der Waals surface area contributed by atoms with Crippen molar-refractivity contribution >= 4 is 46.6 Å². The molecule has 0 saturated carbocycles. The molecule has 0 bridgehead atoms. The summed E-state index contributed by atoms with van der Waals surface area (Å²) in [7, 11) is 1.44. The zero-order chi connectivity index (χ0) is 27.1. The second kappa shape index (κ2) is 11.9. The van der Waals surface area contributed by atoms with Crippen molar-refractivity contribution in [2.24, 2.45) is 5.73 Å². The Kier molecular flexibility index (Phi) is 8.64. The van der Waals surface area contributed by atoms with Crippen molar-refractivity contribution in [2.75, 3.05) is 30.9 Å². The van der Waals surface area contributed by atoms with Gasteiger partial charge in [0.15, 0.2) is 5.69 Å². The van der Waals surface area contributed by atoms with Crippen LogP contribution >= 0.6 is 11.5 Å². The molecule has 0 saturated heterocycles. The molecule has 13 heteroatoms. The summed E-state index contributed by atoms with van der Waals surface area (Å²) in [6, 6.07) is 10.6. The minimum Gasteiger partial charge on any atom is -0.508 e. The summed E-state index contributed by atoms with van der Waals surface area (Å²) >= 11 is 0.653. The highest BCUT2D eigenvalue weighted by Gasteiger charge is 2.36. The molecule has 37 heavy (non-hydrogen) atoms. The van der Waals surface area contributed by atoms with Gasteiger partial charge in [-0.25, -0.2) is 0 Å². The van der Waals surface area contributed by atoms with Crippen LogP contribution < -0.4 is 26.4 Å². The quantitative estimate of drug-likeness (QED) is 0.284. The molecule has 0 aliphatic heterocycles. The zero-order valence-corrected chi connectivity index (χ0v) is 20.8. The van der Waals surface area contributed by atoms with Crippen LogP contribution in [0.1, 0.15) is 38.7 Å². The van der Waals surface area contributed by atoms with Crippen LogP contribution in [0.4, 0.5) is 11.4 Å². The number of ether oxygens (including phenoxy) is 2. The topological polar surface area (TPSA) is 187 Å². The first-order valence-electron chi connectivity index (χ1n) is 10.9. The van der Waals surface area contributed by atoms with Gasteiger partial charge >= 0.3 is 5.97 Å². The number of nitrogen functional groups attached to an aromatic ring is 1. The first-order valence-corrected chi connectivity index (χ1v) is 11.7. The standard InChI is InChI=1S/C24H25N5O7S/c1-3-36-17(31)12-27-23(33)20(13-7-9-15(30)10-8-13)29(14-5-4-6-16(11-14)35-2)24(34)21-18(25)19(22(26)32)28-37-21/h4-11,20,30H,3,12,25H2,1-2H3,(H2,26,32)(H,27,33)/t20-/m1/s1. The molecule has 0 spiro atoms. The van der Waals surface area contributed by atoms with E-state index in [0.717, 1.165) is 4.90 Å². The fraction of sp³-hybridized carbons (Fsp3) is 0.208. The van der Waals surface area contributed by atoms with Gasteiger partial charge < -0.3 is 31.4 Å². The number of phenols is 1. The normalized spacial score (nSPS) is 11.3. The molecule has 3 amide bonds. The van der Waals surface area contributed by atoms with Crippen LogP contribution in [0.2, 0.25) is 0 Å². The van der Waals surface area contributed by atoms with E-state index in [4.69, 9.17) is 20.9 Å². The molecular formula is C24H25N5O7S. The smallest absolute Gasteiger partial charge is 0.325 e. The van der Waals surface area contributed by atoms with Crippen LogP contribution in [0.15, 0.2) is 48.5 Å². The van der Waals surface area contributed by atoms with Crippen molar-refractivity contribution < 1.29 is 33.8 Å². The third kappa shape index (κ3) is 6.13. The largest absolute Gasteiger partial charge is 0.508 e. The Morgan fingerprint density at radius 1 is 1.16 bits per heavy atom. The van der Waals surface area contributed by atoms with Crippen molar-refractivity contribution in [3.05, 3.63) is 64.7 Å². The van der Waals surface area contributed by atoms with Gasteiger partial charge in [-0.3, -0.25) is 24.1 Å².